The zero-order chi connectivity index (χ0) is 16.1. The maximum atomic E-state index is 12.2. The SMILES string of the molecule is COc1cc(C=CC(=O)N2CCSC2S)cc(OC)c1OC. The van der Waals surface area contributed by atoms with Crippen LogP contribution in [0.5, 0.6) is 17.2 Å². The third-order valence-corrected chi connectivity index (χ3v) is 4.95. The second kappa shape index (κ2) is 7.69. The van der Waals surface area contributed by atoms with Gasteiger partial charge < -0.3 is 19.1 Å². The Kier molecular flexibility index (Phi) is 5.90. The minimum Gasteiger partial charge on any atom is -0.493 e. The third-order valence-electron chi connectivity index (χ3n) is 3.25. The highest BCUT2D eigenvalue weighted by Crippen LogP contribution is 2.38. The van der Waals surface area contributed by atoms with Gasteiger partial charge in [-0.3, -0.25) is 4.79 Å². The molecule has 1 aliphatic rings. The van der Waals surface area contributed by atoms with Gasteiger partial charge in [-0.15, -0.1) is 24.4 Å². The minimum atomic E-state index is -0.0721. The fourth-order valence-corrected chi connectivity index (χ4v) is 3.58. The van der Waals surface area contributed by atoms with Crippen molar-refractivity contribution in [1.82, 2.24) is 4.90 Å². The number of carbonyl (C=O) groups excluding carboxylic acids is 1. The number of ether oxygens (including phenoxy) is 3. The summed E-state index contributed by atoms with van der Waals surface area (Å²) in [5.74, 6) is 2.49. The van der Waals surface area contributed by atoms with Crippen LogP contribution < -0.4 is 14.2 Å². The van der Waals surface area contributed by atoms with Crippen molar-refractivity contribution in [1.29, 1.82) is 0 Å². The highest BCUT2D eigenvalue weighted by molar-refractivity contribution is 8.10. The first-order valence-electron chi connectivity index (χ1n) is 6.69. The fraction of sp³-hybridized carbons (Fsp3) is 0.400. The van der Waals surface area contributed by atoms with Gasteiger partial charge in [-0.1, -0.05) is 0 Å². The van der Waals surface area contributed by atoms with Gasteiger partial charge in [-0.25, -0.2) is 0 Å². The number of thiol groups is 1. The van der Waals surface area contributed by atoms with Crippen LogP contribution in [0.15, 0.2) is 18.2 Å². The van der Waals surface area contributed by atoms with E-state index in [0.717, 1.165) is 17.9 Å². The number of benzene rings is 1. The van der Waals surface area contributed by atoms with E-state index in [2.05, 4.69) is 12.6 Å². The standard InChI is InChI=1S/C15H19NO4S2/c1-18-11-8-10(9-12(19-2)14(11)20-3)4-5-13(17)16-6-7-22-15(16)21/h4-5,8-9,15,21H,6-7H2,1-3H3. The van der Waals surface area contributed by atoms with Gasteiger partial charge >= 0.3 is 0 Å². The molecule has 1 heterocycles. The van der Waals surface area contributed by atoms with Gasteiger partial charge in [0.1, 0.15) is 4.71 Å². The van der Waals surface area contributed by atoms with E-state index in [1.807, 2.05) is 0 Å². The molecule has 0 aromatic heterocycles. The van der Waals surface area contributed by atoms with E-state index in [9.17, 15) is 4.79 Å². The minimum absolute atomic E-state index is 0.0567. The van der Waals surface area contributed by atoms with Crippen molar-refractivity contribution in [3.63, 3.8) is 0 Å². The van der Waals surface area contributed by atoms with Crippen LogP contribution in [0, 0.1) is 0 Å². The Balaban J connectivity index is 2.21. The lowest BCUT2D eigenvalue weighted by molar-refractivity contribution is -0.124. The lowest BCUT2D eigenvalue weighted by Gasteiger charge is -2.17. The van der Waals surface area contributed by atoms with E-state index < -0.39 is 0 Å². The van der Waals surface area contributed by atoms with Gasteiger partial charge in [-0.05, 0) is 23.8 Å². The maximum Gasteiger partial charge on any atom is 0.248 e. The summed E-state index contributed by atoms with van der Waals surface area (Å²) in [6.45, 7) is 0.720. The van der Waals surface area contributed by atoms with E-state index in [0.29, 0.717) is 17.2 Å². The Labute approximate surface area is 140 Å². The summed E-state index contributed by atoms with van der Waals surface area (Å²) in [5.41, 5.74) is 0.797. The van der Waals surface area contributed by atoms with Crippen LogP contribution in [0.3, 0.4) is 0 Å². The van der Waals surface area contributed by atoms with Crippen LogP contribution in [0.25, 0.3) is 6.08 Å². The molecule has 1 amide bonds. The van der Waals surface area contributed by atoms with E-state index in [1.165, 1.54) is 6.08 Å². The van der Waals surface area contributed by atoms with Gasteiger partial charge in [0.05, 0.1) is 21.3 Å². The number of amides is 1. The number of rotatable bonds is 5. The van der Waals surface area contributed by atoms with E-state index >= 15 is 0 Å². The first-order chi connectivity index (χ1) is 10.6. The molecule has 1 aliphatic heterocycles. The van der Waals surface area contributed by atoms with Crippen LogP contribution >= 0.6 is 24.4 Å². The molecule has 120 valence electrons. The van der Waals surface area contributed by atoms with Crippen LogP contribution in [0.4, 0.5) is 0 Å². The molecule has 0 saturated carbocycles. The average Bonchev–Trinajstić information content (AvgIpc) is 2.97. The summed E-state index contributed by atoms with van der Waals surface area (Å²) >= 11 is 6.02. The smallest absolute Gasteiger partial charge is 0.248 e. The molecule has 0 aliphatic carbocycles. The van der Waals surface area contributed by atoms with Gasteiger partial charge in [0, 0.05) is 18.4 Å². The van der Waals surface area contributed by atoms with Crippen LogP contribution in [-0.4, -0.2) is 49.1 Å². The van der Waals surface area contributed by atoms with Crippen molar-refractivity contribution >= 4 is 36.4 Å². The van der Waals surface area contributed by atoms with E-state index in [4.69, 9.17) is 14.2 Å². The monoisotopic (exact) mass is 341 g/mol. The molecular formula is C15H19NO4S2. The Morgan fingerprint density at radius 2 is 1.91 bits per heavy atom. The zero-order valence-corrected chi connectivity index (χ0v) is 14.4. The second-order valence-corrected chi connectivity index (χ2v) is 6.55. The van der Waals surface area contributed by atoms with Gasteiger partial charge in [0.15, 0.2) is 11.5 Å². The molecule has 0 radical (unpaired) electrons. The largest absolute Gasteiger partial charge is 0.493 e. The molecule has 5 nitrogen and oxygen atoms in total. The number of hydrogen-bond donors (Lipinski definition) is 1. The zero-order valence-electron chi connectivity index (χ0n) is 12.7. The number of thioether (sulfide) groups is 1. The molecule has 2 rings (SSSR count). The van der Waals surface area contributed by atoms with Crippen molar-refractivity contribution in [3.05, 3.63) is 23.8 Å². The summed E-state index contributed by atoms with van der Waals surface area (Å²) in [4.78, 5) is 13.9. The van der Waals surface area contributed by atoms with Gasteiger partial charge in [0.25, 0.3) is 0 Å². The molecule has 0 bridgehead atoms. The summed E-state index contributed by atoms with van der Waals surface area (Å²) in [6, 6.07) is 3.59. The summed E-state index contributed by atoms with van der Waals surface area (Å²) in [6.07, 6.45) is 3.27. The second-order valence-electron chi connectivity index (χ2n) is 4.52. The third kappa shape index (κ3) is 3.64. The van der Waals surface area contributed by atoms with Crippen LogP contribution in [-0.2, 0) is 4.79 Å². The van der Waals surface area contributed by atoms with Crippen molar-refractivity contribution in [2.24, 2.45) is 0 Å². The normalized spacial score (nSPS) is 17.8. The molecule has 1 saturated heterocycles. The highest BCUT2D eigenvalue weighted by Gasteiger charge is 2.24. The highest BCUT2D eigenvalue weighted by atomic mass is 32.2. The predicted molar refractivity (Wildman–Crippen MR) is 92.1 cm³/mol. The predicted octanol–water partition coefficient (Wildman–Crippen LogP) is 2.51. The quantitative estimate of drug-likeness (QED) is 0.659. The Bertz CT molecular complexity index is 552. The number of hydrogen-bond acceptors (Lipinski definition) is 6. The number of carbonyl (C=O) groups is 1. The Morgan fingerprint density at radius 3 is 2.36 bits per heavy atom. The molecule has 0 N–H and O–H groups in total. The van der Waals surface area contributed by atoms with Crippen molar-refractivity contribution in [3.8, 4) is 17.2 Å². The van der Waals surface area contributed by atoms with Crippen molar-refractivity contribution in [2.45, 2.75) is 4.71 Å². The van der Waals surface area contributed by atoms with Crippen LogP contribution in [0.2, 0.25) is 0 Å². The fourth-order valence-electron chi connectivity index (χ4n) is 2.14. The molecular weight excluding hydrogens is 322 g/mol. The molecule has 22 heavy (non-hydrogen) atoms. The van der Waals surface area contributed by atoms with E-state index in [1.54, 1.807) is 56.2 Å². The summed E-state index contributed by atoms with van der Waals surface area (Å²) in [7, 11) is 4.67. The van der Waals surface area contributed by atoms with E-state index in [-0.39, 0.29) is 10.6 Å². The Morgan fingerprint density at radius 1 is 1.27 bits per heavy atom. The topological polar surface area (TPSA) is 48.0 Å². The first kappa shape index (κ1) is 16.9. The average molecular weight is 341 g/mol. The molecule has 1 unspecified atom stereocenters. The molecule has 1 fully saturated rings. The first-order valence-corrected chi connectivity index (χ1v) is 8.25. The maximum absolute atomic E-state index is 12.2. The molecule has 1 aromatic carbocycles. The molecule has 1 aromatic rings. The lowest BCUT2D eigenvalue weighted by Crippen LogP contribution is -2.30. The van der Waals surface area contributed by atoms with Gasteiger partial charge in [0.2, 0.25) is 11.7 Å². The number of nitrogens with zero attached hydrogens (tertiary/aromatic N) is 1. The van der Waals surface area contributed by atoms with Crippen molar-refractivity contribution < 1.29 is 19.0 Å². The Hall–Kier alpha value is -1.47. The summed E-state index contributed by atoms with van der Waals surface area (Å²) < 4.78 is 15.8. The molecule has 0 spiro atoms. The molecule has 1 atom stereocenters. The van der Waals surface area contributed by atoms with Gasteiger partial charge in [-0.2, -0.15) is 0 Å². The number of methoxy groups -OCH3 is 3. The molecule has 7 heteroatoms. The summed E-state index contributed by atoms with van der Waals surface area (Å²) in [5, 5.41) is 0. The van der Waals surface area contributed by atoms with Crippen LogP contribution in [0.1, 0.15) is 5.56 Å². The lowest BCUT2D eigenvalue weighted by atomic mass is 10.1. The van der Waals surface area contributed by atoms with Crippen molar-refractivity contribution in [2.75, 3.05) is 33.6 Å².